The maximum atomic E-state index is 12.5. The lowest BCUT2D eigenvalue weighted by molar-refractivity contribution is -0.145. The van der Waals surface area contributed by atoms with Crippen LogP contribution in [0.5, 0.6) is 0 Å². The molecule has 132 valence electrons. The average molecular weight is 349 g/mol. The van der Waals surface area contributed by atoms with Gasteiger partial charge in [0.05, 0.1) is 11.3 Å². The number of hydrogen-bond donors (Lipinski definition) is 1. The second-order valence-corrected chi connectivity index (χ2v) is 6.96. The van der Waals surface area contributed by atoms with Crippen LogP contribution >= 0.6 is 0 Å². The van der Waals surface area contributed by atoms with E-state index in [4.69, 9.17) is 4.74 Å². The van der Waals surface area contributed by atoms with Crippen LogP contribution in [0.15, 0.2) is 48.5 Å². The van der Waals surface area contributed by atoms with Crippen molar-refractivity contribution in [3.05, 3.63) is 65.2 Å². The maximum absolute atomic E-state index is 12.5. The lowest BCUT2D eigenvalue weighted by Gasteiger charge is -2.14. The van der Waals surface area contributed by atoms with Gasteiger partial charge in [-0.3, -0.25) is 14.4 Å². The zero-order chi connectivity index (χ0) is 18.3. The number of hydrogen-bond acceptors (Lipinski definition) is 4. The van der Waals surface area contributed by atoms with Crippen LogP contribution in [0.4, 0.5) is 5.69 Å². The first-order chi connectivity index (χ1) is 12.5. The lowest BCUT2D eigenvalue weighted by atomic mass is 9.96. The smallest absolute Gasteiger partial charge is 0.317 e. The molecule has 1 aliphatic carbocycles. The van der Waals surface area contributed by atoms with E-state index in [1.807, 2.05) is 30.3 Å². The van der Waals surface area contributed by atoms with E-state index in [9.17, 15) is 14.4 Å². The molecule has 26 heavy (non-hydrogen) atoms. The highest BCUT2D eigenvalue weighted by Crippen LogP contribution is 2.49. The third-order valence-electron chi connectivity index (χ3n) is 5.29. The summed E-state index contributed by atoms with van der Waals surface area (Å²) >= 11 is 0. The summed E-state index contributed by atoms with van der Waals surface area (Å²) in [5, 5.41) is 2.77. The Morgan fingerprint density at radius 2 is 1.88 bits per heavy atom. The Bertz CT molecular complexity index is 899. The molecule has 0 aromatic heterocycles. The first-order valence-corrected chi connectivity index (χ1v) is 8.72. The van der Waals surface area contributed by atoms with Crippen molar-refractivity contribution in [3.8, 4) is 0 Å². The number of Topliss-reactive ketones (excluding diaryl/α,β-unsaturated/α-hetero) is 1. The van der Waals surface area contributed by atoms with Crippen LogP contribution in [-0.2, 0) is 19.7 Å². The fourth-order valence-corrected chi connectivity index (χ4v) is 3.44. The normalized spacial score (nSPS) is 19.4. The summed E-state index contributed by atoms with van der Waals surface area (Å²) in [6, 6.07) is 14.6. The molecule has 0 radical (unpaired) electrons. The SMILES string of the molecule is C[C@H]1C(=O)Nc2ccc(C(=O)COC(=O)C3(c4ccccc4)CC3)cc21. The van der Waals surface area contributed by atoms with Crippen LogP contribution < -0.4 is 5.32 Å². The van der Waals surface area contributed by atoms with Gasteiger partial charge < -0.3 is 10.1 Å². The van der Waals surface area contributed by atoms with E-state index in [0.29, 0.717) is 5.56 Å². The second-order valence-electron chi connectivity index (χ2n) is 6.96. The van der Waals surface area contributed by atoms with Gasteiger partial charge in [0, 0.05) is 11.3 Å². The number of amides is 1. The first-order valence-electron chi connectivity index (χ1n) is 8.72. The molecule has 4 rings (SSSR count). The molecule has 2 aromatic rings. The van der Waals surface area contributed by atoms with Crippen molar-refractivity contribution in [3.63, 3.8) is 0 Å². The zero-order valence-electron chi connectivity index (χ0n) is 14.5. The fraction of sp³-hybridized carbons (Fsp3) is 0.286. The minimum absolute atomic E-state index is 0.0745. The molecule has 5 heteroatoms. The average Bonchev–Trinajstić information content (AvgIpc) is 3.43. The summed E-state index contributed by atoms with van der Waals surface area (Å²) in [5.74, 6) is -0.970. The van der Waals surface area contributed by atoms with Crippen molar-refractivity contribution >= 4 is 23.3 Å². The number of rotatable bonds is 5. The lowest BCUT2D eigenvalue weighted by Crippen LogP contribution is -2.25. The number of esters is 1. The monoisotopic (exact) mass is 349 g/mol. The van der Waals surface area contributed by atoms with Crippen LogP contribution in [0.2, 0.25) is 0 Å². The molecule has 0 unspecified atom stereocenters. The fourth-order valence-electron chi connectivity index (χ4n) is 3.44. The summed E-state index contributed by atoms with van der Waals surface area (Å²) in [7, 11) is 0. The molecule has 1 atom stereocenters. The van der Waals surface area contributed by atoms with Crippen LogP contribution in [0.3, 0.4) is 0 Å². The molecule has 0 spiro atoms. The third-order valence-corrected chi connectivity index (χ3v) is 5.29. The Kier molecular flexibility index (Phi) is 3.87. The van der Waals surface area contributed by atoms with Crippen molar-refractivity contribution in [2.24, 2.45) is 0 Å². The molecule has 1 amide bonds. The van der Waals surface area contributed by atoms with Crippen molar-refractivity contribution in [2.75, 3.05) is 11.9 Å². The quantitative estimate of drug-likeness (QED) is 0.665. The minimum atomic E-state index is -0.593. The minimum Gasteiger partial charge on any atom is -0.457 e. The van der Waals surface area contributed by atoms with Crippen LogP contribution in [0.1, 0.15) is 47.2 Å². The highest BCUT2D eigenvalue weighted by molar-refractivity contribution is 6.05. The summed E-state index contributed by atoms with van der Waals surface area (Å²) in [6.07, 6.45) is 1.49. The number of benzene rings is 2. The molecule has 0 bridgehead atoms. The molecule has 2 aliphatic rings. The highest BCUT2D eigenvalue weighted by atomic mass is 16.5. The van der Waals surface area contributed by atoms with Crippen molar-refractivity contribution < 1.29 is 19.1 Å². The van der Waals surface area contributed by atoms with E-state index < -0.39 is 5.41 Å². The van der Waals surface area contributed by atoms with Gasteiger partial charge in [0.25, 0.3) is 0 Å². The number of ketones is 1. The van der Waals surface area contributed by atoms with E-state index in [-0.39, 0.29) is 30.2 Å². The Morgan fingerprint density at radius 1 is 1.15 bits per heavy atom. The van der Waals surface area contributed by atoms with Gasteiger partial charge in [-0.25, -0.2) is 0 Å². The summed E-state index contributed by atoms with van der Waals surface area (Å²) < 4.78 is 5.34. The number of anilines is 1. The van der Waals surface area contributed by atoms with Gasteiger partial charge in [-0.2, -0.15) is 0 Å². The molecule has 1 fully saturated rings. The topological polar surface area (TPSA) is 72.5 Å². The summed E-state index contributed by atoms with van der Waals surface area (Å²) in [5.41, 5.74) is 2.33. The summed E-state index contributed by atoms with van der Waals surface area (Å²) in [4.78, 5) is 36.7. The van der Waals surface area contributed by atoms with Crippen LogP contribution in [0, 0.1) is 0 Å². The number of carbonyl (C=O) groups is 3. The van der Waals surface area contributed by atoms with E-state index in [1.165, 1.54) is 0 Å². The van der Waals surface area contributed by atoms with Crippen LogP contribution in [0.25, 0.3) is 0 Å². The van der Waals surface area contributed by atoms with Gasteiger partial charge in [0.1, 0.15) is 0 Å². The molecule has 1 aliphatic heterocycles. The largest absolute Gasteiger partial charge is 0.457 e. The number of nitrogens with one attached hydrogen (secondary N) is 1. The first kappa shape index (κ1) is 16.5. The Morgan fingerprint density at radius 3 is 2.58 bits per heavy atom. The van der Waals surface area contributed by atoms with Gasteiger partial charge in [-0.1, -0.05) is 30.3 Å². The van der Waals surface area contributed by atoms with E-state index >= 15 is 0 Å². The summed E-state index contributed by atoms with van der Waals surface area (Å²) in [6.45, 7) is 1.51. The molecule has 5 nitrogen and oxygen atoms in total. The highest BCUT2D eigenvalue weighted by Gasteiger charge is 2.52. The number of carbonyl (C=O) groups excluding carboxylic acids is 3. The standard InChI is InChI=1S/C21H19NO4/c1-13-16-11-14(7-8-17(16)22-19(13)24)18(23)12-26-20(25)21(9-10-21)15-5-3-2-4-6-15/h2-8,11,13H,9-10,12H2,1H3,(H,22,24)/t13-/m1/s1. The zero-order valence-corrected chi connectivity index (χ0v) is 14.5. The van der Waals surface area contributed by atoms with Crippen molar-refractivity contribution in [1.29, 1.82) is 0 Å². The van der Waals surface area contributed by atoms with Gasteiger partial charge in [0.15, 0.2) is 12.4 Å². The predicted molar refractivity (Wildman–Crippen MR) is 96.1 cm³/mol. The van der Waals surface area contributed by atoms with Crippen molar-refractivity contribution in [2.45, 2.75) is 31.1 Å². The predicted octanol–water partition coefficient (Wildman–Crippen LogP) is 3.20. The van der Waals surface area contributed by atoms with E-state index in [0.717, 1.165) is 29.7 Å². The Balaban J connectivity index is 1.44. The Hall–Kier alpha value is -2.95. The molecule has 1 heterocycles. The number of fused-ring (bicyclic) bond motifs is 1. The van der Waals surface area contributed by atoms with Gasteiger partial charge in [-0.15, -0.1) is 0 Å². The molecular weight excluding hydrogens is 330 g/mol. The molecule has 1 N–H and O–H groups in total. The molecule has 2 aromatic carbocycles. The van der Waals surface area contributed by atoms with Crippen LogP contribution in [-0.4, -0.2) is 24.3 Å². The third kappa shape index (κ3) is 2.69. The van der Waals surface area contributed by atoms with Gasteiger partial charge >= 0.3 is 5.97 Å². The Labute approximate surface area is 151 Å². The van der Waals surface area contributed by atoms with Gasteiger partial charge in [0.2, 0.25) is 5.91 Å². The molecular formula is C21H19NO4. The molecule has 0 saturated heterocycles. The van der Waals surface area contributed by atoms with E-state index in [2.05, 4.69) is 5.32 Å². The van der Waals surface area contributed by atoms with Gasteiger partial charge in [-0.05, 0) is 49.1 Å². The van der Waals surface area contributed by atoms with E-state index in [1.54, 1.807) is 25.1 Å². The van der Waals surface area contributed by atoms with Crippen molar-refractivity contribution in [1.82, 2.24) is 0 Å². The molecule has 1 saturated carbocycles. The maximum Gasteiger partial charge on any atom is 0.317 e. The number of ether oxygens (including phenoxy) is 1. The second kappa shape index (κ2) is 6.09.